The Labute approximate surface area is 211 Å². The van der Waals surface area contributed by atoms with Gasteiger partial charge in [-0.1, -0.05) is 78.4 Å². The summed E-state index contributed by atoms with van der Waals surface area (Å²) in [7, 11) is 0. The predicted octanol–water partition coefficient (Wildman–Crippen LogP) is 7.53. The molecule has 0 spiro atoms. The first-order valence-electron chi connectivity index (χ1n) is 12.5. The van der Waals surface area contributed by atoms with E-state index in [1.54, 1.807) is 0 Å². The molecule has 36 heavy (non-hydrogen) atoms. The lowest BCUT2D eigenvalue weighted by molar-refractivity contribution is 0.687. The van der Waals surface area contributed by atoms with Crippen LogP contribution in [0.2, 0.25) is 0 Å². The third-order valence-corrected chi connectivity index (χ3v) is 7.22. The standard InChI is InChI=1S/C32H30N4/c1-20-18-21(2)28(22(3)19-20)29-24(5)34-36-31(29)33-23(4)27-16-17-35(32(27)36)30(25-12-8-6-9-13-25)26-14-10-7-11-15-26/h6-19,30H,1-5H3. The Hall–Kier alpha value is -4.18. The molecule has 0 N–H and O–H groups in total. The minimum absolute atomic E-state index is 0.0192. The summed E-state index contributed by atoms with van der Waals surface area (Å²) in [5.74, 6) is 0. The van der Waals surface area contributed by atoms with Gasteiger partial charge in [0.15, 0.2) is 5.65 Å². The molecule has 178 valence electrons. The zero-order chi connectivity index (χ0) is 25.0. The Morgan fingerprint density at radius 3 is 1.83 bits per heavy atom. The highest BCUT2D eigenvalue weighted by molar-refractivity contribution is 5.89. The molecule has 0 aliphatic rings. The lowest BCUT2D eigenvalue weighted by Gasteiger charge is -2.22. The van der Waals surface area contributed by atoms with Crippen molar-refractivity contribution in [3.05, 3.63) is 124 Å². The van der Waals surface area contributed by atoms with Crippen LogP contribution in [0.25, 0.3) is 27.8 Å². The molecular formula is C32H30N4. The summed E-state index contributed by atoms with van der Waals surface area (Å²) in [4.78, 5) is 5.11. The van der Waals surface area contributed by atoms with E-state index in [1.165, 1.54) is 33.4 Å². The quantitative estimate of drug-likeness (QED) is 0.267. The molecule has 0 fully saturated rings. The fourth-order valence-corrected chi connectivity index (χ4v) is 5.79. The number of nitrogens with zero attached hydrogens (tertiary/aromatic N) is 4. The molecule has 6 aromatic rings. The van der Waals surface area contributed by atoms with E-state index in [0.717, 1.165) is 33.6 Å². The molecule has 0 unspecified atom stereocenters. The van der Waals surface area contributed by atoms with Crippen LogP contribution >= 0.6 is 0 Å². The Morgan fingerprint density at radius 2 is 1.25 bits per heavy atom. The van der Waals surface area contributed by atoms with Gasteiger partial charge in [-0.25, -0.2) is 4.98 Å². The van der Waals surface area contributed by atoms with Crippen molar-refractivity contribution in [2.24, 2.45) is 0 Å². The first kappa shape index (κ1) is 22.3. The average molecular weight is 471 g/mol. The average Bonchev–Trinajstić information content (AvgIpc) is 3.43. The van der Waals surface area contributed by atoms with Gasteiger partial charge in [-0.15, -0.1) is 0 Å². The minimum Gasteiger partial charge on any atom is -0.321 e. The summed E-state index contributed by atoms with van der Waals surface area (Å²) in [6.07, 6.45) is 2.18. The van der Waals surface area contributed by atoms with Crippen LogP contribution in [0.4, 0.5) is 0 Å². The van der Waals surface area contributed by atoms with Gasteiger partial charge in [0.25, 0.3) is 0 Å². The van der Waals surface area contributed by atoms with E-state index in [9.17, 15) is 0 Å². The largest absolute Gasteiger partial charge is 0.321 e. The van der Waals surface area contributed by atoms with Crippen molar-refractivity contribution in [2.75, 3.05) is 0 Å². The fraction of sp³-hybridized carbons (Fsp3) is 0.188. The second-order valence-electron chi connectivity index (χ2n) is 9.85. The maximum absolute atomic E-state index is 5.11. The number of aryl methyl sites for hydroxylation is 5. The highest BCUT2D eigenvalue weighted by atomic mass is 15.3. The van der Waals surface area contributed by atoms with Crippen LogP contribution in [0.5, 0.6) is 0 Å². The third-order valence-electron chi connectivity index (χ3n) is 7.22. The topological polar surface area (TPSA) is 35.1 Å². The maximum Gasteiger partial charge on any atom is 0.165 e. The van der Waals surface area contributed by atoms with Crippen LogP contribution in [0.15, 0.2) is 85.1 Å². The van der Waals surface area contributed by atoms with Gasteiger partial charge in [-0.3, -0.25) is 0 Å². The smallest absolute Gasteiger partial charge is 0.165 e. The lowest BCUT2D eigenvalue weighted by Crippen LogP contribution is -2.13. The third kappa shape index (κ3) is 3.44. The second-order valence-corrected chi connectivity index (χ2v) is 9.85. The number of hydrogen-bond acceptors (Lipinski definition) is 2. The Morgan fingerprint density at radius 1 is 0.667 bits per heavy atom. The van der Waals surface area contributed by atoms with Crippen molar-refractivity contribution in [1.82, 2.24) is 19.2 Å². The van der Waals surface area contributed by atoms with Crippen LogP contribution in [-0.4, -0.2) is 19.2 Å². The van der Waals surface area contributed by atoms with Crippen LogP contribution in [0.1, 0.15) is 45.2 Å². The molecule has 0 saturated carbocycles. The van der Waals surface area contributed by atoms with Crippen molar-refractivity contribution < 1.29 is 0 Å². The van der Waals surface area contributed by atoms with Gasteiger partial charge >= 0.3 is 0 Å². The van der Waals surface area contributed by atoms with Crippen molar-refractivity contribution in [2.45, 2.75) is 40.7 Å². The Kier molecular flexibility index (Phi) is 5.26. The van der Waals surface area contributed by atoms with Crippen molar-refractivity contribution in [1.29, 1.82) is 0 Å². The van der Waals surface area contributed by atoms with Gasteiger partial charge in [-0.2, -0.15) is 9.61 Å². The monoisotopic (exact) mass is 470 g/mol. The molecular weight excluding hydrogens is 440 g/mol. The number of aromatic nitrogens is 4. The number of hydrogen-bond donors (Lipinski definition) is 0. The SMILES string of the molecule is Cc1cc(C)c(-c2c(C)nn3c2nc(C)c2ccn(C(c4ccccc4)c4ccccc4)c23)c(C)c1. The summed E-state index contributed by atoms with van der Waals surface area (Å²) >= 11 is 0. The summed E-state index contributed by atoms with van der Waals surface area (Å²) < 4.78 is 4.41. The summed E-state index contributed by atoms with van der Waals surface area (Å²) in [6, 6.07) is 28.1. The van der Waals surface area contributed by atoms with Crippen molar-refractivity contribution in [3.8, 4) is 11.1 Å². The number of rotatable bonds is 4. The van der Waals surface area contributed by atoms with E-state index >= 15 is 0 Å². The second kappa shape index (κ2) is 8.49. The normalized spacial score (nSPS) is 11.7. The van der Waals surface area contributed by atoms with Gasteiger partial charge in [0.2, 0.25) is 0 Å². The lowest BCUT2D eigenvalue weighted by atomic mass is 9.94. The fourth-order valence-electron chi connectivity index (χ4n) is 5.79. The predicted molar refractivity (Wildman–Crippen MR) is 148 cm³/mol. The molecule has 0 aliphatic carbocycles. The molecule has 3 heterocycles. The van der Waals surface area contributed by atoms with E-state index < -0.39 is 0 Å². The highest BCUT2D eigenvalue weighted by Gasteiger charge is 2.24. The van der Waals surface area contributed by atoms with Crippen LogP contribution in [-0.2, 0) is 0 Å². The van der Waals surface area contributed by atoms with E-state index in [2.05, 4.69) is 129 Å². The zero-order valence-corrected chi connectivity index (χ0v) is 21.4. The van der Waals surface area contributed by atoms with Gasteiger partial charge < -0.3 is 4.57 Å². The molecule has 3 aromatic carbocycles. The minimum atomic E-state index is 0.0192. The van der Waals surface area contributed by atoms with Crippen LogP contribution in [0.3, 0.4) is 0 Å². The molecule has 0 amide bonds. The first-order chi connectivity index (χ1) is 17.4. The highest BCUT2D eigenvalue weighted by Crippen LogP contribution is 2.37. The maximum atomic E-state index is 5.11. The molecule has 4 heteroatoms. The van der Waals surface area contributed by atoms with E-state index in [1.807, 2.05) is 0 Å². The van der Waals surface area contributed by atoms with E-state index in [0.29, 0.717) is 0 Å². The van der Waals surface area contributed by atoms with Gasteiger partial charge in [0.05, 0.1) is 23.0 Å². The summed E-state index contributed by atoms with van der Waals surface area (Å²) in [6.45, 7) is 10.7. The Bertz CT molecular complexity index is 1660. The number of fused-ring (bicyclic) bond motifs is 3. The summed E-state index contributed by atoms with van der Waals surface area (Å²) in [5.41, 5.74) is 12.6. The molecule has 4 nitrogen and oxygen atoms in total. The first-order valence-corrected chi connectivity index (χ1v) is 12.5. The van der Waals surface area contributed by atoms with Gasteiger partial charge in [0, 0.05) is 11.6 Å². The molecule has 0 bridgehead atoms. The molecule has 6 rings (SSSR count). The molecule has 0 atom stereocenters. The van der Waals surface area contributed by atoms with Crippen molar-refractivity contribution >= 4 is 16.7 Å². The molecule has 0 radical (unpaired) electrons. The number of benzene rings is 3. The zero-order valence-electron chi connectivity index (χ0n) is 21.4. The van der Waals surface area contributed by atoms with Crippen molar-refractivity contribution in [3.63, 3.8) is 0 Å². The van der Waals surface area contributed by atoms with Crippen LogP contribution < -0.4 is 0 Å². The molecule has 0 aliphatic heterocycles. The van der Waals surface area contributed by atoms with E-state index in [4.69, 9.17) is 10.1 Å². The Balaban J connectivity index is 1.69. The molecule has 3 aromatic heterocycles. The summed E-state index contributed by atoms with van der Waals surface area (Å²) in [5, 5.41) is 6.22. The van der Waals surface area contributed by atoms with E-state index in [-0.39, 0.29) is 6.04 Å². The molecule has 0 saturated heterocycles. The van der Waals surface area contributed by atoms with Crippen LogP contribution in [0, 0.1) is 34.6 Å². The van der Waals surface area contributed by atoms with Gasteiger partial charge in [0.1, 0.15) is 5.65 Å². The van der Waals surface area contributed by atoms with Gasteiger partial charge in [-0.05, 0) is 68.5 Å².